The van der Waals surface area contributed by atoms with Crippen LogP contribution >= 0.6 is 0 Å². The second kappa shape index (κ2) is 5.22. The van der Waals surface area contributed by atoms with E-state index in [-0.39, 0.29) is 0 Å². The molecular formula is C16H20N2O. The third kappa shape index (κ3) is 2.50. The van der Waals surface area contributed by atoms with Crippen molar-refractivity contribution in [3.8, 4) is 5.75 Å². The molecule has 19 heavy (non-hydrogen) atoms. The number of rotatable bonds is 3. The van der Waals surface area contributed by atoms with E-state index in [1.54, 1.807) is 7.11 Å². The van der Waals surface area contributed by atoms with Crippen LogP contribution in [0, 0.1) is 13.8 Å². The second-order valence-corrected chi connectivity index (χ2v) is 4.74. The zero-order chi connectivity index (χ0) is 14.0. The van der Waals surface area contributed by atoms with Crippen LogP contribution in [0.1, 0.15) is 11.1 Å². The number of ether oxygens (including phenoxy) is 1. The molecule has 0 amide bonds. The minimum Gasteiger partial charge on any atom is -0.495 e. The molecule has 2 rings (SSSR count). The van der Waals surface area contributed by atoms with Gasteiger partial charge in [-0.15, -0.1) is 0 Å². The average Bonchev–Trinajstić information content (AvgIpc) is 2.38. The van der Waals surface area contributed by atoms with Crippen molar-refractivity contribution in [1.82, 2.24) is 0 Å². The largest absolute Gasteiger partial charge is 0.495 e. The molecular weight excluding hydrogens is 236 g/mol. The first-order chi connectivity index (χ1) is 9.04. The molecule has 0 heterocycles. The van der Waals surface area contributed by atoms with Gasteiger partial charge < -0.3 is 15.4 Å². The second-order valence-electron chi connectivity index (χ2n) is 4.74. The van der Waals surface area contributed by atoms with Crippen molar-refractivity contribution in [2.45, 2.75) is 13.8 Å². The molecule has 0 bridgehead atoms. The number of nitrogens with two attached hydrogens (primary N) is 1. The van der Waals surface area contributed by atoms with Gasteiger partial charge in [-0.2, -0.15) is 0 Å². The highest BCUT2D eigenvalue weighted by Gasteiger charge is 2.12. The summed E-state index contributed by atoms with van der Waals surface area (Å²) in [5.41, 5.74) is 11.4. The first-order valence-corrected chi connectivity index (χ1v) is 6.28. The number of nitrogen functional groups attached to an aromatic ring is 1. The van der Waals surface area contributed by atoms with E-state index in [2.05, 4.69) is 36.9 Å². The quantitative estimate of drug-likeness (QED) is 0.852. The molecule has 100 valence electrons. The van der Waals surface area contributed by atoms with Crippen molar-refractivity contribution in [1.29, 1.82) is 0 Å². The summed E-state index contributed by atoms with van der Waals surface area (Å²) in [6.45, 7) is 4.20. The molecule has 0 aliphatic rings. The van der Waals surface area contributed by atoms with Crippen molar-refractivity contribution in [3.63, 3.8) is 0 Å². The van der Waals surface area contributed by atoms with Gasteiger partial charge in [-0.25, -0.2) is 0 Å². The number of hydrogen-bond donors (Lipinski definition) is 1. The molecule has 3 heteroatoms. The predicted octanol–water partition coefficient (Wildman–Crippen LogP) is 3.66. The summed E-state index contributed by atoms with van der Waals surface area (Å²) in [5.74, 6) is 0.703. The standard InChI is InChI=1S/C16H20N2O/c1-11-8-9-13(12(2)10-11)18(3)14-6-5-7-15(19-4)16(14)17/h5-10H,17H2,1-4H3. The Kier molecular flexibility index (Phi) is 3.65. The number of benzene rings is 2. The molecule has 0 unspecified atom stereocenters. The van der Waals surface area contributed by atoms with Crippen LogP contribution in [0.2, 0.25) is 0 Å². The molecule has 0 saturated heterocycles. The molecule has 0 aromatic heterocycles. The summed E-state index contributed by atoms with van der Waals surface area (Å²) < 4.78 is 5.27. The lowest BCUT2D eigenvalue weighted by Crippen LogP contribution is -2.13. The molecule has 0 saturated carbocycles. The van der Waals surface area contributed by atoms with E-state index in [9.17, 15) is 0 Å². The summed E-state index contributed by atoms with van der Waals surface area (Å²) >= 11 is 0. The molecule has 0 aliphatic heterocycles. The minimum absolute atomic E-state index is 0.660. The van der Waals surface area contributed by atoms with Crippen LogP contribution in [0.4, 0.5) is 17.1 Å². The van der Waals surface area contributed by atoms with Gasteiger partial charge in [0.15, 0.2) is 0 Å². The van der Waals surface area contributed by atoms with Crippen molar-refractivity contribution < 1.29 is 4.74 Å². The summed E-state index contributed by atoms with van der Waals surface area (Å²) in [7, 11) is 3.65. The lowest BCUT2D eigenvalue weighted by atomic mass is 10.1. The van der Waals surface area contributed by atoms with Gasteiger partial charge in [-0.3, -0.25) is 0 Å². The van der Waals surface area contributed by atoms with Crippen LogP contribution in [0.5, 0.6) is 5.75 Å². The summed E-state index contributed by atoms with van der Waals surface area (Å²) in [6.07, 6.45) is 0. The minimum atomic E-state index is 0.660. The van der Waals surface area contributed by atoms with Gasteiger partial charge in [0.25, 0.3) is 0 Å². The van der Waals surface area contributed by atoms with Crippen LogP contribution in [-0.2, 0) is 0 Å². The van der Waals surface area contributed by atoms with E-state index in [1.165, 1.54) is 11.1 Å². The Morgan fingerprint density at radius 1 is 1.05 bits per heavy atom. The van der Waals surface area contributed by atoms with Gasteiger partial charge in [-0.05, 0) is 37.6 Å². The number of para-hydroxylation sites is 1. The highest BCUT2D eigenvalue weighted by Crippen LogP contribution is 2.36. The zero-order valence-electron chi connectivity index (χ0n) is 11.9. The predicted molar refractivity (Wildman–Crippen MR) is 81.4 cm³/mol. The molecule has 0 fully saturated rings. The molecule has 2 N–H and O–H groups in total. The maximum Gasteiger partial charge on any atom is 0.143 e. The number of anilines is 3. The summed E-state index contributed by atoms with van der Waals surface area (Å²) in [6, 6.07) is 12.2. The number of nitrogens with zero attached hydrogens (tertiary/aromatic N) is 1. The Morgan fingerprint density at radius 2 is 1.79 bits per heavy atom. The van der Waals surface area contributed by atoms with Crippen LogP contribution in [0.25, 0.3) is 0 Å². The van der Waals surface area contributed by atoms with Gasteiger partial charge in [0.05, 0.1) is 18.5 Å². The molecule has 0 aliphatic carbocycles. The van der Waals surface area contributed by atoms with E-state index in [1.807, 2.05) is 25.2 Å². The zero-order valence-corrected chi connectivity index (χ0v) is 11.9. The molecule has 3 nitrogen and oxygen atoms in total. The first-order valence-electron chi connectivity index (χ1n) is 6.28. The Hall–Kier alpha value is -2.16. The number of methoxy groups -OCH3 is 1. The van der Waals surface area contributed by atoms with E-state index < -0.39 is 0 Å². The fourth-order valence-corrected chi connectivity index (χ4v) is 2.31. The van der Waals surface area contributed by atoms with Gasteiger partial charge in [0, 0.05) is 12.7 Å². The lowest BCUT2D eigenvalue weighted by Gasteiger charge is -2.24. The third-order valence-electron chi connectivity index (χ3n) is 3.34. The Morgan fingerprint density at radius 3 is 2.42 bits per heavy atom. The van der Waals surface area contributed by atoms with Gasteiger partial charge in [0.2, 0.25) is 0 Å². The smallest absolute Gasteiger partial charge is 0.143 e. The first kappa shape index (κ1) is 13.3. The van der Waals surface area contributed by atoms with Crippen LogP contribution in [-0.4, -0.2) is 14.2 Å². The van der Waals surface area contributed by atoms with Crippen LogP contribution in [0.3, 0.4) is 0 Å². The monoisotopic (exact) mass is 256 g/mol. The fraction of sp³-hybridized carbons (Fsp3) is 0.250. The van der Waals surface area contributed by atoms with Crippen LogP contribution < -0.4 is 15.4 Å². The summed E-state index contributed by atoms with van der Waals surface area (Å²) in [5, 5.41) is 0. The number of hydrogen-bond acceptors (Lipinski definition) is 3. The normalized spacial score (nSPS) is 10.3. The van der Waals surface area contributed by atoms with Gasteiger partial charge >= 0.3 is 0 Å². The number of aryl methyl sites for hydroxylation is 2. The average molecular weight is 256 g/mol. The third-order valence-corrected chi connectivity index (χ3v) is 3.34. The maximum absolute atomic E-state index is 6.15. The van der Waals surface area contributed by atoms with Crippen LogP contribution in [0.15, 0.2) is 36.4 Å². The Balaban J connectivity index is 2.47. The van der Waals surface area contributed by atoms with E-state index in [0.29, 0.717) is 11.4 Å². The maximum atomic E-state index is 6.15. The Bertz CT molecular complexity index is 593. The molecule has 0 spiro atoms. The van der Waals surface area contributed by atoms with Crippen molar-refractivity contribution in [3.05, 3.63) is 47.5 Å². The SMILES string of the molecule is COc1cccc(N(C)c2ccc(C)cc2C)c1N. The van der Waals surface area contributed by atoms with Gasteiger partial charge in [0.1, 0.15) is 5.75 Å². The van der Waals surface area contributed by atoms with E-state index in [4.69, 9.17) is 10.5 Å². The van der Waals surface area contributed by atoms with E-state index in [0.717, 1.165) is 11.4 Å². The lowest BCUT2D eigenvalue weighted by molar-refractivity contribution is 0.417. The highest BCUT2D eigenvalue weighted by atomic mass is 16.5. The van der Waals surface area contributed by atoms with Crippen molar-refractivity contribution in [2.24, 2.45) is 0 Å². The topological polar surface area (TPSA) is 38.5 Å². The Labute approximate surface area is 114 Å². The van der Waals surface area contributed by atoms with Crippen molar-refractivity contribution >= 4 is 17.1 Å². The van der Waals surface area contributed by atoms with Crippen molar-refractivity contribution in [2.75, 3.05) is 24.8 Å². The fourth-order valence-electron chi connectivity index (χ4n) is 2.31. The molecule has 2 aromatic rings. The van der Waals surface area contributed by atoms with E-state index >= 15 is 0 Å². The summed E-state index contributed by atoms with van der Waals surface area (Å²) in [4.78, 5) is 2.09. The van der Waals surface area contributed by atoms with Gasteiger partial charge in [-0.1, -0.05) is 23.8 Å². The highest BCUT2D eigenvalue weighted by molar-refractivity contribution is 5.79. The molecule has 2 aromatic carbocycles. The molecule has 0 radical (unpaired) electrons. The molecule has 0 atom stereocenters.